The van der Waals surface area contributed by atoms with E-state index in [1.807, 2.05) is 0 Å². The first-order chi connectivity index (χ1) is 26.0. The number of anilines is 2. The van der Waals surface area contributed by atoms with Gasteiger partial charge in [-0.3, -0.25) is 19.1 Å². The van der Waals surface area contributed by atoms with E-state index in [1.165, 1.54) is 69.2 Å². The molecular weight excluding hydrogens is 718 g/mol. The monoisotopic (exact) mass is 767 g/mol. The molecule has 12 nitrogen and oxygen atoms in total. The van der Waals surface area contributed by atoms with Gasteiger partial charge in [0.25, 0.3) is 0 Å². The molecule has 14 heteroatoms. The second-order valence-electron chi connectivity index (χ2n) is 13.1. The Balaban J connectivity index is 0.000000324. The minimum absolute atomic E-state index is 0.0926. The van der Waals surface area contributed by atoms with Gasteiger partial charge in [0.15, 0.2) is 11.5 Å². The minimum atomic E-state index is -4.23. The summed E-state index contributed by atoms with van der Waals surface area (Å²) in [4.78, 5) is 30.1. The molecular formula is C40H50FN3O9S. The first-order valence-electron chi connectivity index (χ1n) is 18.3. The standard InChI is InChI=1S/C28H24FN3O5.C12H26O4S/c1-35-24-15-21-22(16-25(24)36-2)30-14-11-23(21)37-20-9-7-19(8-10-20)32-27(34)28(12-13-28)26(33)31-18-5-3-17(29)4-6-18;1-2-3-4-5-6-7-8-9-10-11-12-16-17(13,14)15/h3-11,14-16H,12-13H2,1-2H3,(H,31,33)(H,32,34);2-12H2,1H3,(H,13,14,15). The van der Waals surface area contributed by atoms with Crippen molar-refractivity contribution in [2.45, 2.75) is 84.0 Å². The quantitative estimate of drug-likeness (QED) is 0.0449. The Morgan fingerprint density at radius 2 is 1.28 bits per heavy atom. The zero-order chi connectivity index (χ0) is 39.0. The van der Waals surface area contributed by atoms with E-state index in [9.17, 15) is 22.4 Å². The number of unbranched alkanes of at least 4 members (excludes halogenated alkanes) is 9. The Morgan fingerprint density at radius 1 is 0.759 bits per heavy atom. The van der Waals surface area contributed by atoms with Crippen LogP contribution in [0.15, 0.2) is 72.9 Å². The number of rotatable bonds is 20. The van der Waals surface area contributed by atoms with Crippen molar-refractivity contribution in [3.8, 4) is 23.0 Å². The summed E-state index contributed by atoms with van der Waals surface area (Å²) in [5.74, 6) is 1.06. The molecule has 0 spiro atoms. The molecule has 4 aromatic rings. The maximum atomic E-state index is 13.1. The molecule has 1 aliphatic rings. The number of ether oxygens (including phenoxy) is 3. The average Bonchev–Trinajstić information content (AvgIpc) is 3.98. The van der Waals surface area contributed by atoms with E-state index in [-0.39, 0.29) is 12.5 Å². The summed E-state index contributed by atoms with van der Waals surface area (Å²) < 4.78 is 62.9. The smallest absolute Gasteiger partial charge is 0.397 e. The maximum absolute atomic E-state index is 13.1. The zero-order valence-corrected chi connectivity index (χ0v) is 31.9. The van der Waals surface area contributed by atoms with Gasteiger partial charge in [0.1, 0.15) is 22.7 Å². The van der Waals surface area contributed by atoms with E-state index in [2.05, 4.69) is 26.7 Å². The number of hydrogen-bond donors (Lipinski definition) is 3. The highest BCUT2D eigenvalue weighted by molar-refractivity contribution is 7.80. The highest BCUT2D eigenvalue weighted by atomic mass is 32.3. The van der Waals surface area contributed by atoms with Gasteiger partial charge in [-0.1, -0.05) is 64.7 Å². The predicted molar refractivity (Wildman–Crippen MR) is 206 cm³/mol. The molecule has 2 amide bonds. The number of pyridine rings is 1. The van der Waals surface area contributed by atoms with Crippen molar-refractivity contribution in [1.82, 2.24) is 4.98 Å². The van der Waals surface area contributed by atoms with E-state index < -0.39 is 27.5 Å². The third kappa shape index (κ3) is 13.0. The van der Waals surface area contributed by atoms with Gasteiger partial charge in [0.05, 0.1) is 26.3 Å². The molecule has 0 bridgehead atoms. The van der Waals surface area contributed by atoms with Crippen molar-refractivity contribution in [2.75, 3.05) is 31.5 Å². The first kappa shape index (κ1) is 42.0. The largest absolute Gasteiger partial charge is 0.493 e. The van der Waals surface area contributed by atoms with Crippen molar-refractivity contribution in [2.24, 2.45) is 5.41 Å². The second kappa shape index (κ2) is 20.6. The summed E-state index contributed by atoms with van der Waals surface area (Å²) in [6, 6.07) is 17.6. The minimum Gasteiger partial charge on any atom is -0.493 e. The lowest BCUT2D eigenvalue weighted by Gasteiger charge is -2.16. The number of halogens is 1. The summed E-state index contributed by atoms with van der Waals surface area (Å²) in [7, 11) is -1.11. The first-order valence-corrected chi connectivity index (χ1v) is 19.6. The maximum Gasteiger partial charge on any atom is 0.397 e. The number of aromatic nitrogens is 1. The highest BCUT2D eigenvalue weighted by Gasteiger charge is 2.56. The molecule has 1 fully saturated rings. The number of carbonyl (C=O) groups is 2. The number of fused-ring (bicyclic) bond motifs is 1. The zero-order valence-electron chi connectivity index (χ0n) is 31.1. The second-order valence-corrected chi connectivity index (χ2v) is 14.2. The Morgan fingerprint density at radius 3 is 1.80 bits per heavy atom. The van der Waals surface area contributed by atoms with E-state index in [4.69, 9.17) is 18.8 Å². The number of nitrogens with one attached hydrogen (secondary N) is 2. The van der Waals surface area contributed by atoms with Crippen LogP contribution in [-0.4, -0.2) is 50.6 Å². The van der Waals surface area contributed by atoms with Gasteiger partial charge in [-0.2, -0.15) is 8.42 Å². The summed E-state index contributed by atoms with van der Waals surface area (Å²) in [5, 5.41) is 6.26. The molecule has 1 aromatic heterocycles. The molecule has 1 aliphatic carbocycles. The van der Waals surface area contributed by atoms with Crippen molar-refractivity contribution in [3.05, 3.63) is 78.7 Å². The molecule has 54 heavy (non-hydrogen) atoms. The van der Waals surface area contributed by atoms with Gasteiger partial charge in [-0.15, -0.1) is 0 Å². The SMILES string of the molecule is CCCCCCCCCCCCOS(=O)(=O)O.COc1cc2nccc(Oc3ccc(NC(=O)C4(C(=O)Nc5ccc(F)cc5)CC4)cc3)c2cc1OC. The lowest BCUT2D eigenvalue weighted by atomic mass is 10.0. The Labute approximate surface area is 316 Å². The molecule has 0 unspecified atom stereocenters. The van der Waals surface area contributed by atoms with Crippen molar-refractivity contribution >= 4 is 44.5 Å². The number of methoxy groups -OCH3 is 2. The summed E-state index contributed by atoms with van der Waals surface area (Å²) in [6.07, 6.45) is 14.4. The van der Waals surface area contributed by atoms with Gasteiger partial charge in [-0.05, 0) is 79.9 Å². The molecule has 1 heterocycles. The lowest BCUT2D eigenvalue weighted by molar-refractivity contribution is -0.131. The molecule has 3 N–H and O–H groups in total. The van der Waals surface area contributed by atoms with E-state index in [0.717, 1.165) is 18.2 Å². The van der Waals surface area contributed by atoms with Crippen LogP contribution < -0.4 is 24.8 Å². The Bertz CT molecular complexity index is 1920. The van der Waals surface area contributed by atoms with Gasteiger partial charge in [0, 0.05) is 29.0 Å². The normalized spacial score (nSPS) is 13.0. The number of carbonyl (C=O) groups excluding carboxylic acids is 2. The molecule has 3 aromatic carbocycles. The number of benzene rings is 3. The van der Waals surface area contributed by atoms with Crippen molar-refractivity contribution in [3.63, 3.8) is 0 Å². The lowest BCUT2D eigenvalue weighted by Crippen LogP contribution is -2.35. The fourth-order valence-corrected chi connectivity index (χ4v) is 6.07. The Hall–Kier alpha value is -4.79. The number of hydrogen-bond acceptors (Lipinski definition) is 9. The fourth-order valence-electron chi connectivity index (χ4n) is 5.74. The van der Waals surface area contributed by atoms with E-state index in [1.54, 1.807) is 62.9 Å². The van der Waals surface area contributed by atoms with Gasteiger partial charge >= 0.3 is 10.4 Å². The van der Waals surface area contributed by atoms with Crippen molar-refractivity contribution < 1.29 is 45.3 Å². The topological polar surface area (TPSA) is 162 Å². The predicted octanol–water partition coefficient (Wildman–Crippen LogP) is 9.27. The van der Waals surface area contributed by atoms with Crippen LogP contribution in [0.2, 0.25) is 0 Å². The van der Waals surface area contributed by atoms with Gasteiger partial charge in [-0.25, -0.2) is 8.57 Å². The van der Waals surface area contributed by atoms with Crippen LogP contribution in [0.1, 0.15) is 84.0 Å². The van der Waals surface area contributed by atoms with Gasteiger partial charge < -0.3 is 24.8 Å². The van der Waals surface area contributed by atoms with Gasteiger partial charge in [0.2, 0.25) is 11.8 Å². The average molecular weight is 768 g/mol. The molecule has 5 rings (SSSR count). The summed E-state index contributed by atoms with van der Waals surface area (Å²) in [5.41, 5.74) is 0.517. The molecule has 0 saturated heterocycles. The van der Waals surface area contributed by atoms with Crippen LogP contribution in [-0.2, 0) is 24.2 Å². The molecule has 0 radical (unpaired) electrons. The van der Waals surface area contributed by atoms with Crippen LogP contribution >= 0.6 is 0 Å². The summed E-state index contributed by atoms with van der Waals surface area (Å²) >= 11 is 0. The van der Waals surface area contributed by atoms with Crippen molar-refractivity contribution in [1.29, 1.82) is 0 Å². The number of amides is 2. The third-order valence-corrected chi connectivity index (χ3v) is 9.46. The molecule has 292 valence electrons. The fraction of sp³-hybridized carbons (Fsp3) is 0.425. The third-order valence-electron chi connectivity index (χ3n) is 9.00. The van der Waals surface area contributed by atoms with Crippen LogP contribution in [0.5, 0.6) is 23.0 Å². The highest BCUT2D eigenvalue weighted by Crippen LogP contribution is 2.47. The van der Waals surface area contributed by atoms with E-state index in [0.29, 0.717) is 59.2 Å². The molecule has 0 atom stereocenters. The molecule has 0 aliphatic heterocycles. The van der Waals surface area contributed by atoms with E-state index >= 15 is 0 Å². The van der Waals surface area contributed by atoms with Crippen LogP contribution in [0, 0.1) is 11.2 Å². The summed E-state index contributed by atoms with van der Waals surface area (Å²) in [6.45, 7) is 2.31. The van der Waals surface area contributed by atoms with Crippen LogP contribution in [0.25, 0.3) is 10.9 Å². The Kier molecular flexibility index (Phi) is 16.0. The molecule has 1 saturated carbocycles. The van der Waals surface area contributed by atoms with Crippen LogP contribution in [0.3, 0.4) is 0 Å². The number of nitrogens with zero attached hydrogens (tertiary/aromatic N) is 1. The van der Waals surface area contributed by atoms with Crippen LogP contribution in [0.4, 0.5) is 15.8 Å².